The summed E-state index contributed by atoms with van der Waals surface area (Å²) in [5.74, 6) is 0. The topological polar surface area (TPSA) is 0 Å². The van der Waals surface area contributed by atoms with Crippen molar-refractivity contribution in [3.63, 3.8) is 0 Å². The number of aryl methyl sites for hydroxylation is 1. The maximum absolute atomic E-state index is 3.39. The highest BCUT2D eigenvalue weighted by Crippen LogP contribution is 2.05. The van der Waals surface area contributed by atoms with Crippen molar-refractivity contribution >= 4 is 14.7 Å². The second kappa shape index (κ2) is 3.75. The van der Waals surface area contributed by atoms with Gasteiger partial charge in [0.2, 0.25) is 0 Å². The van der Waals surface area contributed by atoms with Crippen molar-refractivity contribution in [3.05, 3.63) is 53.3 Å². The van der Waals surface area contributed by atoms with Crippen LogP contribution in [-0.2, 0) is 0 Å². The predicted octanol–water partition coefficient (Wildman–Crippen LogP) is 1.44. The molecule has 65 valence electrons. The van der Waals surface area contributed by atoms with Crippen LogP contribution in [0.3, 0.4) is 0 Å². The summed E-state index contributed by atoms with van der Waals surface area (Å²) in [6.45, 7) is 2.13. The van der Waals surface area contributed by atoms with Crippen LogP contribution < -0.4 is 5.19 Å². The molecule has 0 bridgehead atoms. The van der Waals surface area contributed by atoms with E-state index >= 15 is 0 Å². The number of hydrogen-bond donors (Lipinski definition) is 0. The minimum absolute atomic E-state index is 0.232. The molecule has 1 aromatic rings. The van der Waals surface area contributed by atoms with Gasteiger partial charge in [0.15, 0.2) is 0 Å². The molecule has 0 unspecified atom stereocenters. The zero-order chi connectivity index (χ0) is 9.10. The summed E-state index contributed by atoms with van der Waals surface area (Å²) in [4.78, 5) is 0. The Kier molecular flexibility index (Phi) is 2.46. The molecule has 0 fully saturated rings. The van der Waals surface area contributed by atoms with E-state index in [9.17, 15) is 0 Å². The van der Waals surface area contributed by atoms with Gasteiger partial charge in [0, 0.05) is 0 Å². The molecule has 2 rings (SSSR count). The molecule has 13 heavy (non-hydrogen) atoms. The lowest BCUT2D eigenvalue weighted by atomic mass is 10.2. The Balaban J connectivity index is 2.09. The fourth-order valence-corrected chi connectivity index (χ4v) is 2.96. The maximum atomic E-state index is 3.39. The van der Waals surface area contributed by atoms with Crippen molar-refractivity contribution in [2.45, 2.75) is 13.3 Å². The molecule has 0 atom stereocenters. The minimum atomic E-state index is -0.232. The largest absolute Gasteiger partial charge is 0.0878 e. The fraction of sp³-hybridized carbons (Fsp3) is 0.167. The summed E-state index contributed by atoms with van der Waals surface area (Å²) >= 11 is 0. The summed E-state index contributed by atoms with van der Waals surface area (Å²) in [6.07, 6.45) is 8.83. The van der Waals surface area contributed by atoms with E-state index in [1.165, 1.54) is 15.9 Å². The summed E-state index contributed by atoms with van der Waals surface area (Å²) in [7, 11) is -0.232. The van der Waals surface area contributed by atoms with Crippen molar-refractivity contribution in [1.29, 1.82) is 0 Å². The van der Waals surface area contributed by atoms with Crippen molar-refractivity contribution in [3.8, 4) is 0 Å². The second-order valence-electron chi connectivity index (χ2n) is 3.47. The standard InChI is InChI=1S/C12H13Si/c1-10-6-8-12(9-7-10)13-11-4-2-3-5-11/h2,4,6-9H,3,13H2,1H3. The quantitative estimate of drug-likeness (QED) is 0.612. The van der Waals surface area contributed by atoms with Gasteiger partial charge in [-0.1, -0.05) is 52.4 Å². The summed E-state index contributed by atoms with van der Waals surface area (Å²) in [5, 5.41) is 2.98. The van der Waals surface area contributed by atoms with Crippen LogP contribution in [0.25, 0.3) is 0 Å². The van der Waals surface area contributed by atoms with Crippen molar-refractivity contribution in [2.75, 3.05) is 0 Å². The molecule has 1 aliphatic rings. The number of benzene rings is 1. The van der Waals surface area contributed by atoms with Gasteiger partial charge < -0.3 is 0 Å². The van der Waals surface area contributed by atoms with Crippen LogP contribution in [0, 0.1) is 13.0 Å². The van der Waals surface area contributed by atoms with E-state index in [-0.39, 0.29) is 9.52 Å². The first-order chi connectivity index (χ1) is 6.34. The first-order valence-corrected chi connectivity index (χ1v) is 6.08. The molecule has 0 N–H and O–H groups in total. The number of hydrogen-bond acceptors (Lipinski definition) is 0. The highest BCUT2D eigenvalue weighted by molar-refractivity contribution is 6.61. The maximum Gasteiger partial charge on any atom is 0.0878 e. The molecule has 0 amide bonds. The minimum Gasteiger partial charge on any atom is -0.0802 e. The Morgan fingerprint density at radius 2 is 2.00 bits per heavy atom. The molecule has 1 aromatic carbocycles. The summed E-state index contributed by atoms with van der Waals surface area (Å²) < 4.78 is 0. The van der Waals surface area contributed by atoms with E-state index < -0.39 is 0 Å². The molecule has 0 saturated carbocycles. The summed E-state index contributed by atoms with van der Waals surface area (Å²) in [5.41, 5.74) is 1.35. The van der Waals surface area contributed by atoms with E-state index in [0.29, 0.717) is 0 Å². The van der Waals surface area contributed by atoms with Crippen LogP contribution in [0.15, 0.2) is 41.6 Å². The third kappa shape index (κ3) is 2.19. The Morgan fingerprint density at radius 1 is 1.23 bits per heavy atom. The van der Waals surface area contributed by atoms with Gasteiger partial charge in [-0.15, -0.1) is 0 Å². The van der Waals surface area contributed by atoms with Crippen LogP contribution in [0.4, 0.5) is 0 Å². The SMILES string of the molecule is Cc1ccc([SiH2]C2=[C]CC=C2)cc1. The van der Waals surface area contributed by atoms with E-state index in [2.05, 4.69) is 49.4 Å². The third-order valence-electron chi connectivity index (χ3n) is 2.28. The molecular weight excluding hydrogens is 172 g/mol. The Hall–Kier alpha value is -1.08. The van der Waals surface area contributed by atoms with Crippen LogP contribution >= 0.6 is 0 Å². The normalized spacial score (nSPS) is 15.6. The van der Waals surface area contributed by atoms with Gasteiger partial charge >= 0.3 is 0 Å². The van der Waals surface area contributed by atoms with Gasteiger partial charge in [-0.05, 0) is 19.4 Å². The zero-order valence-corrected chi connectivity index (χ0v) is 9.29. The average Bonchev–Trinajstić information content (AvgIpc) is 2.62. The summed E-state index contributed by atoms with van der Waals surface area (Å²) in [6, 6.07) is 8.90. The number of rotatable bonds is 2. The zero-order valence-electron chi connectivity index (χ0n) is 7.88. The van der Waals surface area contributed by atoms with Crippen LogP contribution in [0.5, 0.6) is 0 Å². The predicted molar refractivity (Wildman–Crippen MR) is 59.9 cm³/mol. The molecule has 0 nitrogen and oxygen atoms in total. The van der Waals surface area contributed by atoms with Gasteiger partial charge in [0.05, 0.1) is 9.52 Å². The lowest BCUT2D eigenvalue weighted by Crippen LogP contribution is -2.14. The van der Waals surface area contributed by atoms with Gasteiger partial charge in [0.1, 0.15) is 0 Å². The lowest BCUT2D eigenvalue weighted by molar-refractivity contribution is 1.39. The molecule has 1 heteroatoms. The van der Waals surface area contributed by atoms with Crippen molar-refractivity contribution < 1.29 is 0 Å². The van der Waals surface area contributed by atoms with Gasteiger partial charge in [-0.2, -0.15) is 0 Å². The highest BCUT2D eigenvalue weighted by atomic mass is 28.2. The van der Waals surface area contributed by atoms with E-state index in [1.807, 2.05) is 0 Å². The first-order valence-electron chi connectivity index (χ1n) is 4.66. The molecule has 0 aliphatic heterocycles. The first kappa shape index (κ1) is 8.51. The third-order valence-corrected chi connectivity index (χ3v) is 4.03. The van der Waals surface area contributed by atoms with Gasteiger partial charge in [-0.3, -0.25) is 0 Å². The van der Waals surface area contributed by atoms with Crippen LogP contribution in [0.2, 0.25) is 0 Å². The van der Waals surface area contributed by atoms with Gasteiger partial charge in [0.25, 0.3) is 0 Å². The van der Waals surface area contributed by atoms with E-state index in [1.54, 1.807) is 0 Å². The second-order valence-corrected chi connectivity index (χ2v) is 5.40. The lowest BCUT2D eigenvalue weighted by Gasteiger charge is -1.99. The smallest absolute Gasteiger partial charge is 0.0802 e. The average molecular weight is 185 g/mol. The van der Waals surface area contributed by atoms with Crippen molar-refractivity contribution in [2.24, 2.45) is 0 Å². The Bertz CT molecular complexity index is 344. The van der Waals surface area contributed by atoms with Crippen LogP contribution in [-0.4, -0.2) is 9.52 Å². The van der Waals surface area contributed by atoms with Crippen LogP contribution in [0.1, 0.15) is 12.0 Å². The molecule has 1 radical (unpaired) electrons. The molecule has 0 aromatic heterocycles. The molecule has 1 aliphatic carbocycles. The van der Waals surface area contributed by atoms with E-state index in [0.717, 1.165) is 6.42 Å². The molecule has 0 spiro atoms. The number of allylic oxidation sites excluding steroid dienone is 4. The molecular formula is C12H13Si. The van der Waals surface area contributed by atoms with E-state index in [4.69, 9.17) is 0 Å². The highest BCUT2D eigenvalue weighted by Gasteiger charge is 2.00. The molecule has 0 heterocycles. The van der Waals surface area contributed by atoms with Gasteiger partial charge in [-0.25, -0.2) is 0 Å². The Morgan fingerprint density at radius 3 is 2.62 bits per heavy atom. The van der Waals surface area contributed by atoms with Crippen molar-refractivity contribution in [1.82, 2.24) is 0 Å². The fourth-order valence-electron chi connectivity index (χ4n) is 1.50. The Labute approximate surface area is 81.8 Å². The monoisotopic (exact) mass is 185 g/mol. The molecule has 0 saturated heterocycles.